The molecule has 0 saturated heterocycles. The molecule has 0 aliphatic rings. The zero-order valence-electron chi connectivity index (χ0n) is 29.3. The first-order valence-electron chi connectivity index (χ1n) is 18.4. The molecule has 0 N–H and O–H groups in total. The largest absolute Gasteiger partial charge is 0.436 e. The number of fused-ring (bicyclic) bond motifs is 10. The third-order valence-corrected chi connectivity index (χ3v) is 10.9. The van der Waals surface area contributed by atoms with Gasteiger partial charge in [0.15, 0.2) is 5.58 Å². The molecule has 0 atom stereocenters. The molecule has 3 heteroatoms. The quantitative estimate of drug-likeness (QED) is 0.169. The Labute approximate surface area is 312 Å². The number of para-hydroxylation sites is 2. The first-order chi connectivity index (χ1) is 26.8. The van der Waals surface area contributed by atoms with Crippen molar-refractivity contribution in [2.75, 3.05) is 4.90 Å². The molecule has 1 aromatic heterocycles. The second kappa shape index (κ2) is 12.2. The van der Waals surface area contributed by atoms with Gasteiger partial charge in [0.25, 0.3) is 0 Å². The Morgan fingerprint density at radius 1 is 0.352 bits per heavy atom. The van der Waals surface area contributed by atoms with Crippen LogP contribution in [0.15, 0.2) is 199 Å². The highest BCUT2D eigenvalue weighted by atomic mass is 16.3. The van der Waals surface area contributed by atoms with Crippen LogP contribution in [-0.4, -0.2) is 4.98 Å². The smallest absolute Gasteiger partial charge is 0.227 e. The molecule has 0 unspecified atom stereocenters. The Balaban J connectivity index is 1.08. The first kappa shape index (κ1) is 30.4. The van der Waals surface area contributed by atoms with Crippen LogP contribution in [0.3, 0.4) is 0 Å². The molecule has 11 aromatic rings. The number of benzene rings is 10. The molecule has 0 radical (unpaired) electrons. The average Bonchev–Trinajstić information content (AvgIpc) is 3.69. The number of aromatic nitrogens is 1. The van der Waals surface area contributed by atoms with Crippen LogP contribution in [0.4, 0.5) is 17.1 Å². The van der Waals surface area contributed by atoms with Gasteiger partial charge in [0, 0.05) is 22.6 Å². The van der Waals surface area contributed by atoms with Gasteiger partial charge < -0.3 is 9.32 Å². The molecule has 0 fully saturated rings. The molecule has 0 aliphatic carbocycles. The Morgan fingerprint density at radius 2 is 0.833 bits per heavy atom. The minimum Gasteiger partial charge on any atom is -0.436 e. The lowest BCUT2D eigenvalue weighted by molar-refractivity contribution is 0.620. The van der Waals surface area contributed by atoms with Gasteiger partial charge in [-0.15, -0.1) is 0 Å². The van der Waals surface area contributed by atoms with Crippen molar-refractivity contribution in [2.45, 2.75) is 0 Å². The van der Waals surface area contributed by atoms with Gasteiger partial charge >= 0.3 is 0 Å². The van der Waals surface area contributed by atoms with E-state index in [1.165, 1.54) is 65.0 Å². The maximum Gasteiger partial charge on any atom is 0.227 e. The number of hydrogen-bond acceptors (Lipinski definition) is 3. The number of hydrogen-bond donors (Lipinski definition) is 0. The molecule has 10 aromatic carbocycles. The van der Waals surface area contributed by atoms with Crippen molar-refractivity contribution in [1.82, 2.24) is 4.98 Å². The lowest BCUT2D eigenvalue weighted by Crippen LogP contribution is -2.10. The van der Waals surface area contributed by atoms with Crippen LogP contribution in [0.25, 0.3) is 87.5 Å². The van der Waals surface area contributed by atoms with Crippen LogP contribution in [0.1, 0.15) is 0 Å². The molecule has 0 spiro atoms. The molecule has 54 heavy (non-hydrogen) atoms. The number of anilines is 3. The zero-order valence-corrected chi connectivity index (χ0v) is 29.3. The van der Waals surface area contributed by atoms with E-state index >= 15 is 0 Å². The normalized spacial score (nSPS) is 11.7. The third kappa shape index (κ3) is 4.87. The van der Waals surface area contributed by atoms with E-state index in [0.29, 0.717) is 5.89 Å². The van der Waals surface area contributed by atoms with Gasteiger partial charge in [-0.2, -0.15) is 0 Å². The highest BCUT2D eigenvalue weighted by Gasteiger charge is 2.18. The predicted molar refractivity (Wildman–Crippen MR) is 227 cm³/mol. The molecule has 0 saturated carbocycles. The van der Waals surface area contributed by atoms with Crippen molar-refractivity contribution in [3.63, 3.8) is 0 Å². The predicted octanol–water partition coefficient (Wildman–Crippen LogP) is 14.4. The summed E-state index contributed by atoms with van der Waals surface area (Å²) in [5.74, 6) is 0.616. The SMILES string of the molecule is c1ccc2c(c1)cc(-c1ccc(N(c3ccc(-c4nc5ccccc5o4)cc3)c3ccc4c5ccccc5c5ccccc5c4c3)cc1)c1ccccc12. The van der Waals surface area contributed by atoms with Gasteiger partial charge in [-0.1, -0.05) is 127 Å². The van der Waals surface area contributed by atoms with Crippen molar-refractivity contribution >= 4 is 82.0 Å². The minimum atomic E-state index is 0.616. The first-order valence-corrected chi connectivity index (χ1v) is 18.4. The summed E-state index contributed by atoms with van der Waals surface area (Å²) >= 11 is 0. The summed E-state index contributed by atoms with van der Waals surface area (Å²) < 4.78 is 6.14. The molecule has 0 bridgehead atoms. The summed E-state index contributed by atoms with van der Waals surface area (Å²) in [7, 11) is 0. The standard InChI is InChI=1S/C51H32N2O/c1-2-12-39-35(11-1)31-47(44-17-7-3-13-40(39)44)33-21-25-36(26-22-33)53(37-27-23-34(24-28-37)51-52-49-19-9-10-20-50(49)54-51)38-29-30-46-43-16-5-4-14-41(43)42-15-6-8-18-45(42)48(46)32-38/h1-32H. The maximum absolute atomic E-state index is 6.14. The number of rotatable bonds is 5. The second-order valence-electron chi connectivity index (χ2n) is 13.9. The van der Waals surface area contributed by atoms with E-state index < -0.39 is 0 Å². The summed E-state index contributed by atoms with van der Waals surface area (Å²) in [6.07, 6.45) is 0. The molecule has 1 heterocycles. The topological polar surface area (TPSA) is 29.3 Å². The van der Waals surface area contributed by atoms with Crippen LogP contribution >= 0.6 is 0 Å². The van der Waals surface area contributed by atoms with Crippen LogP contribution < -0.4 is 4.90 Å². The highest BCUT2D eigenvalue weighted by Crippen LogP contribution is 2.42. The average molecular weight is 689 g/mol. The lowest BCUT2D eigenvalue weighted by atomic mass is 9.93. The van der Waals surface area contributed by atoms with Crippen LogP contribution in [-0.2, 0) is 0 Å². The Morgan fingerprint density at radius 3 is 1.48 bits per heavy atom. The fourth-order valence-corrected chi connectivity index (χ4v) is 8.31. The van der Waals surface area contributed by atoms with E-state index in [9.17, 15) is 0 Å². The van der Waals surface area contributed by atoms with Gasteiger partial charge in [0.2, 0.25) is 5.89 Å². The van der Waals surface area contributed by atoms with Crippen LogP contribution in [0.2, 0.25) is 0 Å². The highest BCUT2D eigenvalue weighted by molar-refractivity contribution is 6.26. The fraction of sp³-hybridized carbons (Fsp3) is 0. The number of oxazole rings is 1. The van der Waals surface area contributed by atoms with Gasteiger partial charge in [-0.25, -0.2) is 4.98 Å². The van der Waals surface area contributed by atoms with Crippen LogP contribution in [0.5, 0.6) is 0 Å². The van der Waals surface area contributed by atoms with E-state index in [-0.39, 0.29) is 0 Å². The summed E-state index contributed by atoms with van der Waals surface area (Å²) in [5, 5.41) is 12.6. The molecule has 3 nitrogen and oxygen atoms in total. The minimum absolute atomic E-state index is 0.616. The third-order valence-electron chi connectivity index (χ3n) is 10.9. The Kier molecular flexibility index (Phi) is 6.86. The summed E-state index contributed by atoms with van der Waals surface area (Å²) in [6.45, 7) is 0. The van der Waals surface area contributed by atoms with Crippen molar-refractivity contribution in [2.24, 2.45) is 0 Å². The summed E-state index contributed by atoms with van der Waals surface area (Å²) in [5.41, 5.74) is 8.19. The Bertz CT molecular complexity index is 3150. The van der Waals surface area contributed by atoms with Crippen molar-refractivity contribution in [1.29, 1.82) is 0 Å². The van der Waals surface area contributed by atoms with Crippen molar-refractivity contribution in [3.05, 3.63) is 194 Å². The van der Waals surface area contributed by atoms with E-state index in [1.54, 1.807) is 0 Å². The maximum atomic E-state index is 6.14. The summed E-state index contributed by atoms with van der Waals surface area (Å²) in [4.78, 5) is 7.11. The van der Waals surface area contributed by atoms with E-state index in [0.717, 1.165) is 33.7 Å². The molecular weight excluding hydrogens is 657 g/mol. The Hall–Kier alpha value is -7.23. The van der Waals surface area contributed by atoms with Gasteiger partial charge in [0.1, 0.15) is 5.52 Å². The van der Waals surface area contributed by atoms with Gasteiger partial charge in [-0.05, 0) is 132 Å². The molecule has 0 amide bonds. The van der Waals surface area contributed by atoms with E-state index in [2.05, 4.69) is 175 Å². The summed E-state index contributed by atoms with van der Waals surface area (Å²) in [6, 6.07) is 69.5. The van der Waals surface area contributed by atoms with E-state index in [1.807, 2.05) is 24.3 Å². The van der Waals surface area contributed by atoms with Gasteiger partial charge in [-0.3, -0.25) is 0 Å². The monoisotopic (exact) mass is 688 g/mol. The molecule has 252 valence electrons. The molecule has 11 rings (SSSR count). The van der Waals surface area contributed by atoms with Crippen molar-refractivity contribution in [3.8, 4) is 22.6 Å². The van der Waals surface area contributed by atoms with Crippen molar-refractivity contribution < 1.29 is 4.42 Å². The van der Waals surface area contributed by atoms with E-state index in [4.69, 9.17) is 9.40 Å². The fourth-order valence-electron chi connectivity index (χ4n) is 8.31. The molecular formula is C51H32N2O. The van der Waals surface area contributed by atoms with Gasteiger partial charge in [0.05, 0.1) is 0 Å². The lowest BCUT2D eigenvalue weighted by Gasteiger charge is -2.26. The second-order valence-corrected chi connectivity index (χ2v) is 13.9. The van der Waals surface area contributed by atoms with Crippen LogP contribution in [0, 0.1) is 0 Å². The molecule has 0 aliphatic heterocycles. The zero-order chi connectivity index (χ0) is 35.6. The number of nitrogens with zero attached hydrogens (tertiary/aromatic N) is 2.